The number of hydrogen-bond donors (Lipinski definition) is 1. The van der Waals surface area contributed by atoms with Gasteiger partial charge in [0.2, 0.25) is 0 Å². The van der Waals surface area contributed by atoms with Crippen LogP contribution in [0.4, 0.5) is 5.82 Å². The second-order valence-electron chi connectivity index (χ2n) is 5.71. The highest BCUT2D eigenvalue weighted by Gasteiger charge is 2.24. The Bertz CT molecular complexity index is 729. The molecule has 118 valence electrons. The van der Waals surface area contributed by atoms with Crippen molar-refractivity contribution in [1.29, 1.82) is 0 Å². The molecule has 0 radical (unpaired) electrons. The SMILES string of the molecule is CS(=O)(=O)c1cn[nH]c1C[C@H]1CCCN(c2ccncn2)C1. The van der Waals surface area contributed by atoms with Crippen LogP contribution in [0.2, 0.25) is 0 Å². The van der Waals surface area contributed by atoms with E-state index >= 15 is 0 Å². The van der Waals surface area contributed by atoms with Gasteiger partial charge >= 0.3 is 0 Å². The van der Waals surface area contributed by atoms with Crippen molar-refractivity contribution in [3.63, 3.8) is 0 Å². The Labute approximate surface area is 129 Å². The molecule has 2 aromatic heterocycles. The normalized spacial score (nSPS) is 19.3. The third-order valence-electron chi connectivity index (χ3n) is 3.98. The first-order valence-electron chi connectivity index (χ1n) is 7.27. The van der Waals surface area contributed by atoms with Gasteiger partial charge in [-0.1, -0.05) is 0 Å². The molecule has 0 saturated carbocycles. The number of aromatic nitrogens is 4. The Morgan fingerprint density at radius 2 is 2.32 bits per heavy atom. The zero-order chi connectivity index (χ0) is 15.6. The number of nitrogens with one attached hydrogen (secondary N) is 1. The molecule has 0 aliphatic carbocycles. The fraction of sp³-hybridized carbons (Fsp3) is 0.500. The largest absolute Gasteiger partial charge is 0.356 e. The van der Waals surface area contributed by atoms with Gasteiger partial charge in [-0.2, -0.15) is 5.10 Å². The van der Waals surface area contributed by atoms with Gasteiger partial charge < -0.3 is 4.90 Å². The van der Waals surface area contributed by atoms with E-state index in [0.717, 1.165) is 31.7 Å². The summed E-state index contributed by atoms with van der Waals surface area (Å²) in [4.78, 5) is 10.8. The summed E-state index contributed by atoms with van der Waals surface area (Å²) in [5.41, 5.74) is 0.706. The van der Waals surface area contributed by atoms with E-state index in [2.05, 4.69) is 25.1 Å². The molecule has 1 aliphatic heterocycles. The highest BCUT2D eigenvalue weighted by Crippen LogP contribution is 2.25. The lowest BCUT2D eigenvalue weighted by atomic mass is 9.93. The van der Waals surface area contributed by atoms with Crippen LogP contribution in [-0.2, 0) is 16.3 Å². The van der Waals surface area contributed by atoms with Gasteiger partial charge in [0.15, 0.2) is 9.84 Å². The smallest absolute Gasteiger partial charge is 0.178 e. The number of sulfone groups is 1. The fourth-order valence-corrected chi connectivity index (χ4v) is 3.79. The molecule has 3 rings (SSSR count). The van der Waals surface area contributed by atoms with Crippen LogP contribution < -0.4 is 4.90 Å². The van der Waals surface area contributed by atoms with Crippen molar-refractivity contribution in [2.75, 3.05) is 24.2 Å². The van der Waals surface area contributed by atoms with Gasteiger partial charge in [-0.25, -0.2) is 18.4 Å². The molecular formula is C14H19N5O2S. The number of rotatable bonds is 4. The molecule has 22 heavy (non-hydrogen) atoms. The highest BCUT2D eigenvalue weighted by atomic mass is 32.2. The maximum Gasteiger partial charge on any atom is 0.178 e. The van der Waals surface area contributed by atoms with E-state index in [4.69, 9.17) is 0 Å². The third kappa shape index (κ3) is 3.27. The molecule has 2 aromatic rings. The molecule has 1 aliphatic rings. The number of piperidine rings is 1. The van der Waals surface area contributed by atoms with E-state index in [-0.39, 0.29) is 0 Å². The molecule has 0 bridgehead atoms. The van der Waals surface area contributed by atoms with Crippen LogP contribution in [0.5, 0.6) is 0 Å². The first-order chi connectivity index (χ1) is 10.5. The summed E-state index contributed by atoms with van der Waals surface area (Å²) >= 11 is 0. The third-order valence-corrected chi connectivity index (χ3v) is 5.13. The monoisotopic (exact) mass is 321 g/mol. The van der Waals surface area contributed by atoms with E-state index in [1.807, 2.05) is 6.07 Å². The van der Waals surface area contributed by atoms with Gasteiger partial charge in [-0.3, -0.25) is 5.10 Å². The number of nitrogens with zero attached hydrogens (tertiary/aromatic N) is 4. The van der Waals surface area contributed by atoms with Crippen molar-refractivity contribution in [3.8, 4) is 0 Å². The van der Waals surface area contributed by atoms with Crippen LogP contribution in [0.15, 0.2) is 29.7 Å². The predicted molar refractivity (Wildman–Crippen MR) is 82.4 cm³/mol. The molecule has 8 heteroatoms. The Hall–Kier alpha value is -1.96. The van der Waals surface area contributed by atoms with Gasteiger partial charge in [0.1, 0.15) is 17.0 Å². The lowest BCUT2D eigenvalue weighted by Crippen LogP contribution is -2.36. The molecule has 0 amide bonds. The van der Waals surface area contributed by atoms with Crippen molar-refractivity contribution in [1.82, 2.24) is 20.2 Å². The van der Waals surface area contributed by atoms with E-state index in [1.165, 1.54) is 12.5 Å². The van der Waals surface area contributed by atoms with Gasteiger partial charge in [-0.05, 0) is 31.2 Å². The molecule has 1 N–H and O–H groups in total. The minimum absolute atomic E-state index is 0.312. The molecule has 1 fully saturated rings. The van der Waals surface area contributed by atoms with Crippen LogP contribution in [-0.4, -0.2) is 47.9 Å². The second kappa shape index (κ2) is 6.04. The van der Waals surface area contributed by atoms with Crippen LogP contribution in [0.25, 0.3) is 0 Å². The van der Waals surface area contributed by atoms with Crippen LogP contribution in [0.3, 0.4) is 0 Å². The quantitative estimate of drug-likeness (QED) is 0.905. The lowest BCUT2D eigenvalue weighted by molar-refractivity contribution is 0.406. The van der Waals surface area contributed by atoms with Crippen LogP contribution >= 0.6 is 0 Å². The van der Waals surface area contributed by atoms with Crippen molar-refractivity contribution < 1.29 is 8.42 Å². The minimum atomic E-state index is -3.23. The Kier molecular flexibility index (Phi) is 4.10. The summed E-state index contributed by atoms with van der Waals surface area (Å²) in [7, 11) is -3.23. The number of aromatic amines is 1. The van der Waals surface area contributed by atoms with Gasteiger partial charge in [0.25, 0.3) is 0 Å². The van der Waals surface area contributed by atoms with E-state index in [1.54, 1.807) is 12.5 Å². The topological polar surface area (TPSA) is 91.8 Å². The van der Waals surface area contributed by atoms with Crippen molar-refractivity contribution in [2.45, 2.75) is 24.2 Å². The molecule has 7 nitrogen and oxygen atoms in total. The standard InChI is InChI=1S/C14H19N5O2S/c1-22(20,21)13-8-17-18-12(13)7-11-3-2-6-19(9-11)14-4-5-15-10-16-14/h4-5,8,10-11H,2-3,6-7,9H2,1H3,(H,17,18)/t11-/m1/s1. The van der Waals surface area contributed by atoms with Crippen LogP contribution in [0, 0.1) is 5.92 Å². The molecule has 0 unspecified atom stereocenters. The molecule has 1 saturated heterocycles. The van der Waals surface area contributed by atoms with Crippen LogP contribution in [0.1, 0.15) is 18.5 Å². The predicted octanol–water partition coefficient (Wildman–Crippen LogP) is 1.06. The number of anilines is 1. The lowest BCUT2D eigenvalue weighted by Gasteiger charge is -2.33. The van der Waals surface area contributed by atoms with E-state index in [9.17, 15) is 8.42 Å². The minimum Gasteiger partial charge on any atom is -0.356 e. The average Bonchev–Trinajstić information content (AvgIpc) is 2.97. The fourth-order valence-electron chi connectivity index (χ4n) is 2.97. The first-order valence-corrected chi connectivity index (χ1v) is 9.16. The number of hydrogen-bond acceptors (Lipinski definition) is 6. The summed E-state index contributed by atoms with van der Waals surface area (Å²) in [6.45, 7) is 1.83. The van der Waals surface area contributed by atoms with Crippen molar-refractivity contribution in [2.24, 2.45) is 5.92 Å². The van der Waals surface area contributed by atoms with Crippen molar-refractivity contribution >= 4 is 15.7 Å². The molecule has 0 spiro atoms. The maximum absolute atomic E-state index is 11.8. The molecular weight excluding hydrogens is 302 g/mol. The molecule has 3 heterocycles. The average molecular weight is 321 g/mol. The summed E-state index contributed by atoms with van der Waals surface area (Å²) < 4.78 is 23.5. The molecule has 1 atom stereocenters. The van der Waals surface area contributed by atoms with Gasteiger partial charge in [0.05, 0.1) is 11.9 Å². The Balaban J connectivity index is 1.73. The zero-order valence-electron chi connectivity index (χ0n) is 12.4. The summed E-state index contributed by atoms with van der Waals surface area (Å²) in [5, 5.41) is 6.73. The summed E-state index contributed by atoms with van der Waals surface area (Å²) in [5.74, 6) is 1.30. The Morgan fingerprint density at radius 3 is 3.05 bits per heavy atom. The summed E-state index contributed by atoms with van der Waals surface area (Å²) in [6, 6.07) is 1.90. The van der Waals surface area contributed by atoms with Gasteiger partial charge in [-0.15, -0.1) is 0 Å². The number of H-pyrrole nitrogens is 1. The summed E-state index contributed by atoms with van der Waals surface area (Å²) in [6.07, 6.45) is 8.73. The zero-order valence-corrected chi connectivity index (χ0v) is 13.3. The Morgan fingerprint density at radius 1 is 1.45 bits per heavy atom. The van der Waals surface area contributed by atoms with Gasteiger partial charge in [0, 0.05) is 25.5 Å². The highest BCUT2D eigenvalue weighted by molar-refractivity contribution is 7.90. The first kappa shape index (κ1) is 15.0. The second-order valence-corrected chi connectivity index (χ2v) is 7.70. The maximum atomic E-state index is 11.8. The van der Waals surface area contributed by atoms with E-state index < -0.39 is 9.84 Å². The van der Waals surface area contributed by atoms with E-state index in [0.29, 0.717) is 22.9 Å². The van der Waals surface area contributed by atoms with Crippen molar-refractivity contribution in [3.05, 3.63) is 30.5 Å². The molecule has 0 aromatic carbocycles.